The number of nitrogens with zero attached hydrogens (tertiary/aromatic N) is 1. The van der Waals surface area contributed by atoms with E-state index < -0.39 is 5.91 Å². The molecule has 2 aromatic rings. The van der Waals surface area contributed by atoms with Crippen molar-refractivity contribution in [3.63, 3.8) is 0 Å². The molecule has 0 bridgehead atoms. The third-order valence-electron chi connectivity index (χ3n) is 3.21. The first kappa shape index (κ1) is 15.3. The van der Waals surface area contributed by atoms with Gasteiger partial charge < -0.3 is 4.74 Å². The van der Waals surface area contributed by atoms with Gasteiger partial charge in [0, 0.05) is 10.6 Å². The lowest BCUT2D eigenvalue weighted by atomic mass is 10.2. The largest absolute Gasteiger partial charge is 0.491 e. The van der Waals surface area contributed by atoms with Crippen LogP contribution in [0.15, 0.2) is 29.1 Å². The smallest absolute Gasteiger partial charge is 0.307 e. The number of amides is 1. The van der Waals surface area contributed by atoms with Crippen molar-refractivity contribution >= 4 is 17.2 Å². The average Bonchev–Trinajstić information content (AvgIpc) is 2.73. The summed E-state index contributed by atoms with van der Waals surface area (Å²) in [5, 5.41) is 0. The van der Waals surface area contributed by atoms with Gasteiger partial charge in [-0.25, -0.2) is 5.84 Å². The fourth-order valence-electron chi connectivity index (χ4n) is 1.95. The van der Waals surface area contributed by atoms with Crippen molar-refractivity contribution < 1.29 is 9.53 Å². The molecule has 1 amide bonds. The number of carbonyl (C=O) groups excluding carboxylic acids is 1. The van der Waals surface area contributed by atoms with Crippen molar-refractivity contribution in [2.24, 2.45) is 5.84 Å². The Morgan fingerprint density at radius 1 is 1.38 bits per heavy atom. The number of thiazole rings is 1. The number of hydrogen-bond acceptors (Lipinski definition) is 5. The van der Waals surface area contributed by atoms with E-state index in [-0.39, 0.29) is 4.87 Å². The molecule has 0 aliphatic carbocycles. The molecule has 0 aliphatic heterocycles. The molecule has 112 valence electrons. The molecule has 21 heavy (non-hydrogen) atoms. The Hall–Kier alpha value is -2.12. The van der Waals surface area contributed by atoms with Crippen LogP contribution in [0.1, 0.15) is 20.9 Å². The van der Waals surface area contributed by atoms with E-state index >= 15 is 0 Å². The molecule has 0 atom stereocenters. The maximum atomic E-state index is 11.8. The molecule has 0 saturated carbocycles. The van der Waals surface area contributed by atoms with Crippen LogP contribution in [0, 0.1) is 13.8 Å². The zero-order valence-electron chi connectivity index (χ0n) is 11.9. The third kappa shape index (κ3) is 3.32. The number of rotatable bonds is 5. The minimum atomic E-state index is -0.412. The van der Waals surface area contributed by atoms with Crippen LogP contribution in [0.25, 0.3) is 0 Å². The molecule has 0 saturated heterocycles. The van der Waals surface area contributed by atoms with Gasteiger partial charge in [-0.2, -0.15) is 0 Å². The SMILES string of the molecule is Cc1sc(=O)n(CCOc2ccccc2C(=O)NN)c1C. The van der Waals surface area contributed by atoms with Gasteiger partial charge in [0.15, 0.2) is 0 Å². The topological polar surface area (TPSA) is 86.3 Å². The highest BCUT2D eigenvalue weighted by atomic mass is 32.1. The van der Waals surface area contributed by atoms with E-state index in [9.17, 15) is 9.59 Å². The van der Waals surface area contributed by atoms with Gasteiger partial charge in [-0.3, -0.25) is 19.6 Å². The van der Waals surface area contributed by atoms with Crippen molar-refractivity contribution in [1.82, 2.24) is 9.99 Å². The summed E-state index contributed by atoms with van der Waals surface area (Å²) < 4.78 is 7.28. The lowest BCUT2D eigenvalue weighted by Gasteiger charge is -2.11. The van der Waals surface area contributed by atoms with Crippen LogP contribution in [0.4, 0.5) is 0 Å². The number of hydrazine groups is 1. The van der Waals surface area contributed by atoms with E-state index in [0.29, 0.717) is 24.5 Å². The number of nitrogen functional groups attached to an aromatic ring is 1. The summed E-state index contributed by atoms with van der Waals surface area (Å²) in [4.78, 5) is 24.4. The normalized spacial score (nSPS) is 10.4. The van der Waals surface area contributed by atoms with Crippen molar-refractivity contribution in [3.05, 3.63) is 50.1 Å². The minimum Gasteiger partial charge on any atom is -0.491 e. The summed E-state index contributed by atoms with van der Waals surface area (Å²) in [7, 11) is 0. The number of aryl methyl sites for hydroxylation is 1. The first-order chi connectivity index (χ1) is 10.0. The summed E-state index contributed by atoms with van der Waals surface area (Å²) in [5.74, 6) is 5.17. The first-order valence-electron chi connectivity index (χ1n) is 6.44. The predicted octanol–water partition coefficient (Wildman–Crippen LogP) is 1.21. The molecule has 0 aliphatic rings. The van der Waals surface area contributed by atoms with Crippen LogP contribution in [-0.2, 0) is 6.54 Å². The highest BCUT2D eigenvalue weighted by molar-refractivity contribution is 7.09. The Kier molecular flexibility index (Phi) is 4.77. The van der Waals surface area contributed by atoms with E-state index in [1.54, 1.807) is 28.8 Å². The molecule has 7 heteroatoms. The number of hydrogen-bond donors (Lipinski definition) is 2. The molecular weight excluding hydrogens is 290 g/mol. The zero-order valence-corrected chi connectivity index (χ0v) is 12.7. The number of nitrogens with one attached hydrogen (secondary N) is 1. The zero-order chi connectivity index (χ0) is 15.4. The number of carbonyl (C=O) groups is 1. The number of benzene rings is 1. The van der Waals surface area contributed by atoms with Crippen LogP contribution in [0.3, 0.4) is 0 Å². The Morgan fingerprint density at radius 3 is 2.71 bits per heavy atom. The molecule has 2 rings (SSSR count). The van der Waals surface area contributed by atoms with Gasteiger partial charge in [0.25, 0.3) is 5.91 Å². The van der Waals surface area contributed by atoms with E-state index in [4.69, 9.17) is 10.6 Å². The molecule has 1 heterocycles. The highest BCUT2D eigenvalue weighted by Gasteiger charge is 2.11. The molecule has 3 N–H and O–H groups in total. The van der Waals surface area contributed by atoms with Crippen LogP contribution in [0.5, 0.6) is 5.75 Å². The lowest BCUT2D eigenvalue weighted by molar-refractivity contribution is 0.0949. The maximum Gasteiger partial charge on any atom is 0.307 e. The second-order valence-corrected chi connectivity index (χ2v) is 5.65. The van der Waals surface area contributed by atoms with Gasteiger partial charge in [0.1, 0.15) is 12.4 Å². The summed E-state index contributed by atoms with van der Waals surface area (Å²) in [5.41, 5.74) is 3.39. The second-order valence-electron chi connectivity index (χ2n) is 4.48. The van der Waals surface area contributed by atoms with Crippen molar-refractivity contribution in [3.8, 4) is 5.75 Å². The molecule has 0 spiro atoms. The molecule has 1 aromatic carbocycles. The fourth-order valence-corrected chi connectivity index (χ4v) is 2.81. The van der Waals surface area contributed by atoms with Crippen LogP contribution in [-0.4, -0.2) is 17.1 Å². The van der Waals surface area contributed by atoms with Gasteiger partial charge in [0.05, 0.1) is 12.1 Å². The van der Waals surface area contributed by atoms with Gasteiger partial charge in [0.2, 0.25) is 0 Å². The van der Waals surface area contributed by atoms with Gasteiger partial charge in [-0.05, 0) is 26.0 Å². The average molecular weight is 307 g/mol. The Labute approximate surface area is 126 Å². The summed E-state index contributed by atoms with van der Waals surface area (Å²) in [6.07, 6.45) is 0. The molecule has 0 fully saturated rings. The van der Waals surface area contributed by atoms with Crippen molar-refractivity contribution in [2.45, 2.75) is 20.4 Å². The number of nitrogens with two attached hydrogens (primary N) is 1. The van der Waals surface area contributed by atoms with Crippen LogP contribution >= 0.6 is 11.3 Å². The van der Waals surface area contributed by atoms with Gasteiger partial charge in [-0.1, -0.05) is 23.5 Å². The highest BCUT2D eigenvalue weighted by Crippen LogP contribution is 2.17. The second kappa shape index (κ2) is 6.55. The van der Waals surface area contributed by atoms with Crippen molar-refractivity contribution in [2.75, 3.05) is 6.61 Å². The third-order valence-corrected chi connectivity index (χ3v) is 4.21. The fraction of sp³-hybridized carbons (Fsp3) is 0.286. The molecule has 1 aromatic heterocycles. The van der Waals surface area contributed by atoms with E-state index in [2.05, 4.69) is 5.43 Å². The predicted molar refractivity (Wildman–Crippen MR) is 81.6 cm³/mol. The van der Waals surface area contributed by atoms with E-state index in [0.717, 1.165) is 10.6 Å². The van der Waals surface area contributed by atoms with Crippen molar-refractivity contribution in [1.29, 1.82) is 0 Å². The van der Waals surface area contributed by atoms with Crippen LogP contribution in [0.2, 0.25) is 0 Å². The monoisotopic (exact) mass is 307 g/mol. The molecule has 0 radical (unpaired) electrons. The maximum absolute atomic E-state index is 11.8. The Bertz CT molecular complexity index is 706. The summed E-state index contributed by atoms with van der Waals surface area (Å²) >= 11 is 1.22. The summed E-state index contributed by atoms with van der Waals surface area (Å²) in [6, 6.07) is 6.83. The standard InChI is InChI=1S/C14H17N3O3S/c1-9-10(2)21-14(19)17(9)7-8-20-12-6-4-3-5-11(12)13(18)16-15/h3-6H,7-8,15H2,1-2H3,(H,16,18). The minimum absolute atomic E-state index is 0.00147. The van der Waals surface area contributed by atoms with Gasteiger partial charge in [-0.15, -0.1) is 0 Å². The number of para-hydroxylation sites is 1. The Balaban J connectivity index is 2.07. The van der Waals surface area contributed by atoms with Gasteiger partial charge >= 0.3 is 4.87 Å². The Morgan fingerprint density at radius 2 is 2.10 bits per heavy atom. The first-order valence-corrected chi connectivity index (χ1v) is 7.26. The molecule has 0 unspecified atom stereocenters. The summed E-state index contributed by atoms with van der Waals surface area (Å²) in [6.45, 7) is 4.56. The molecule has 6 nitrogen and oxygen atoms in total. The quantitative estimate of drug-likeness (QED) is 0.494. The number of ether oxygens (including phenoxy) is 1. The van der Waals surface area contributed by atoms with E-state index in [1.165, 1.54) is 11.3 Å². The number of aromatic nitrogens is 1. The lowest BCUT2D eigenvalue weighted by Crippen LogP contribution is -2.30. The van der Waals surface area contributed by atoms with Crippen LogP contribution < -0.4 is 20.9 Å². The van der Waals surface area contributed by atoms with E-state index in [1.807, 2.05) is 13.8 Å². The molecular formula is C14H17N3O3S.